The molecule has 0 fully saturated rings. The van der Waals surface area contributed by atoms with E-state index in [-0.39, 0.29) is 0 Å². The smallest absolute Gasteiger partial charge is 0.122 e. The fourth-order valence-corrected chi connectivity index (χ4v) is 4.11. The average Bonchev–Trinajstić information content (AvgIpc) is 2.89. The van der Waals surface area contributed by atoms with E-state index in [1.807, 2.05) is 36.4 Å². The van der Waals surface area contributed by atoms with E-state index in [2.05, 4.69) is 12.1 Å². The number of methoxy groups -OCH3 is 6. The van der Waals surface area contributed by atoms with Gasteiger partial charge in [0, 0.05) is 0 Å². The van der Waals surface area contributed by atoms with Crippen molar-refractivity contribution in [2.45, 2.75) is 25.7 Å². The van der Waals surface area contributed by atoms with Gasteiger partial charge in [0.05, 0.1) is 42.7 Å². The Morgan fingerprint density at radius 1 is 0.382 bits per heavy atom. The lowest BCUT2D eigenvalue weighted by molar-refractivity contribution is 0.391. The molecule has 0 radical (unpaired) electrons. The summed E-state index contributed by atoms with van der Waals surface area (Å²) in [5, 5.41) is 0. The van der Waals surface area contributed by atoms with Crippen molar-refractivity contribution in [2.24, 2.45) is 0 Å². The van der Waals surface area contributed by atoms with Crippen LogP contribution >= 0.6 is 0 Å². The van der Waals surface area contributed by atoms with Crippen LogP contribution in [-0.4, -0.2) is 42.7 Å². The molecule has 0 aliphatic rings. The molecule has 0 heterocycles. The summed E-state index contributed by atoms with van der Waals surface area (Å²) >= 11 is 0. The molecule has 0 aromatic heterocycles. The molecule has 0 N–H and O–H groups in total. The Bertz CT molecular complexity index is 1010. The number of ether oxygens (including phenoxy) is 6. The third kappa shape index (κ3) is 5.87. The number of aryl methyl sites for hydroxylation is 4. The summed E-state index contributed by atoms with van der Waals surface area (Å²) in [6.45, 7) is 0. The molecule has 0 atom stereocenters. The summed E-state index contributed by atoms with van der Waals surface area (Å²) < 4.78 is 33.3. The minimum absolute atomic E-state index is 0.771. The molecule has 34 heavy (non-hydrogen) atoms. The van der Waals surface area contributed by atoms with Crippen LogP contribution in [-0.2, 0) is 25.7 Å². The molecule has 0 aliphatic carbocycles. The van der Waals surface area contributed by atoms with Gasteiger partial charge < -0.3 is 28.4 Å². The van der Waals surface area contributed by atoms with E-state index in [1.54, 1.807) is 42.7 Å². The van der Waals surface area contributed by atoms with Crippen molar-refractivity contribution in [2.75, 3.05) is 42.7 Å². The Morgan fingerprint density at radius 3 is 1.00 bits per heavy atom. The van der Waals surface area contributed by atoms with Gasteiger partial charge in [0.2, 0.25) is 0 Å². The lowest BCUT2D eigenvalue weighted by Gasteiger charge is -2.17. The monoisotopic (exact) mass is 466 g/mol. The van der Waals surface area contributed by atoms with Crippen molar-refractivity contribution in [3.63, 3.8) is 0 Å². The van der Waals surface area contributed by atoms with Gasteiger partial charge >= 0.3 is 0 Å². The second-order valence-electron chi connectivity index (χ2n) is 7.83. The quantitative estimate of drug-likeness (QED) is 0.361. The van der Waals surface area contributed by atoms with Gasteiger partial charge in [-0.2, -0.15) is 0 Å². The zero-order valence-electron chi connectivity index (χ0n) is 20.9. The molecule has 0 saturated carbocycles. The Hall–Kier alpha value is -3.54. The van der Waals surface area contributed by atoms with Crippen LogP contribution in [0.15, 0.2) is 48.5 Å². The van der Waals surface area contributed by atoms with E-state index >= 15 is 0 Å². The maximum Gasteiger partial charge on any atom is 0.122 e. The fraction of sp³-hybridized carbons (Fsp3) is 0.357. The molecule has 0 bridgehead atoms. The highest BCUT2D eigenvalue weighted by Crippen LogP contribution is 2.33. The first-order valence-electron chi connectivity index (χ1n) is 11.2. The van der Waals surface area contributed by atoms with Gasteiger partial charge in [0.25, 0.3) is 0 Å². The normalized spacial score (nSPS) is 10.5. The maximum absolute atomic E-state index is 5.75. The summed E-state index contributed by atoms with van der Waals surface area (Å²) in [6, 6.07) is 15.8. The molecule has 3 aromatic rings. The molecule has 0 unspecified atom stereocenters. The summed E-state index contributed by atoms with van der Waals surface area (Å²) in [5.74, 6) is 4.99. The fourth-order valence-electron chi connectivity index (χ4n) is 4.11. The Labute approximate surface area is 202 Å². The van der Waals surface area contributed by atoms with Crippen LogP contribution in [0, 0.1) is 0 Å². The second-order valence-corrected chi connectivity index (χ2v) is 7.83. The molecule has 3 aromatic carbocycles. The van der Waals surface area contributed by atoms with Crippen molar-refractivity contribution in [1.82, 2.24) is 0 Å². The summed E-state index contributed by atoms with van der Waals surface area (Å²) in [5.41, 5.74) is 4.31. The second kappa shape index (κ2) is 12.1. The number of rotatable bonds is 12. The summed E-state index contributed by atoms with van der Waals surface area (Å²) in [4.78, 5) is 0. The Morgan fingerprint density at radius 2 is 0.706 bits per heavy atom. The van der Waals surface area contributed by atoms with Crippen molar-refractivity contribution in [1.29, 1.82) is 0 Å². The van der Waals surface area contributed by atoms with E-state index in [0.29, 0.717) is 0 Å². The molecule has 6 nitrogen and oxygen atoms in total. The molecular formula is C28H34O6. The Balaban J connectivity index is 1.82. The predicted molar refractivity (Wildman–Crippen MR) is 133 cm³/mol. The highest BCUT2D eigenvalue weighted by Gasteiger charge is 2.14. The van der Waals surface area contributed by atoms with Crippen LogP contribution in [0.5, 0.6) is 34.5 Å². The van der Waals surface area contributed by atoms with Gasteiger partial charge in [-0.1, -0.05) is 0 Å². The van der Waals surface area contributed by atoms with Gasteiger partial charge in [-0.05, 0) is 96.5 Å². The first kappa shape index (κ1) is 25.1. The highest BCUT2D eigenvalue weighted by molar-refractivity contribution is 5.49. The number of benzene rings is 3. The molecule has 0 spiro atoms. The van der Waals surface area contributed by atoms with Crippen molar-refractivity contribution < 1.29 is 28.4 Å². The van der Waals surface area contributed by atoms with Crippen LogP contribution in [0.3, 0.4) is 0 Å². The highest BCUT2D eigenvalue weighted by atomic mass is 16.5. The van der Waals surface area contributed by atoms with Crippen LogP contribution in [0.1, 0.15) is 22.3 Å². The van der Waals surface area contributed by atoms with Gasteiger partial charge in [0.15, 0.2) is 0 Å². The van der Waals surface area contributed by atoms with Gasteiger partial charge in [-0.15, -0.1) is 0 Å². The Kier molecular flexibility index (Phi) is 8.91. The lowest BCUT2D eigenvalue weighted by Crippen LogP contribution is -2.03. The van der Waals surface area contributed by atoms with E-state index in [1.165, 1.54) is 0 Å². The molecule has 0 amide bonds. The molecule has 0 saturated heterocycles. The number of hydrogen-bond acceptors (Lipinski definition) is 6. The first-order chi connectivity index (χ1) is 16.6. The van der Waals surface area contributed by atoms with E-state index in [0.717, 1.165) is 82.4 Å². The maximum atomic E-state index is 5.75. The summed E-state index contributed by atoms with van der Waals surface area (Å²) in [7, 11) is 10.1. The van der Waals surface area contributed by atoms with E-state index < -0.39 is 0 Å². The zero-order chi connectivity index (χ0) is 24.5. The predicted octanol–water partition coefficient (Wildman–Crippen LogP) is 5.31. The summed E-state index contributed by atoms with van der Waals surface area (Å²) in [6.07, 6.45) is 3.10. The lowest BCUT2D eigenvalue weighted by atomic mass is 9.97. The molecule has 6 heteroatoms. The standard InChI is InChI=1S/C28H34O6/c1-29-23-11-13-25(31-3)19(15-23)7-9-21-17-28(34-6)22(18-27(21)33-5)10-8-20-16-24(30-2)12-14-26(20)32-4/h11-18H,7-10H2,1-6H3. The van der Waals surface area contributed by atoms with Gasteiger partial charge in [0.1, 0.15) is 34.5 Å². The third-order valence-electron chi connectivity index (χ3n) is 5.99. The van der Waals surface area contributed by atoms with Crippen molar-refractivity contribution in [3.05, 3.63) is 70.8 Å². The van der Waals surface area contributed by atoms with Gasteiger partial charge in [-0.25, -0.2) is 0 Å². The van der Waals surface area contributed by atoms with Crippen LogP contribution in [0.2, 0.25) is 0 Å². The minimum Gasteiger partial charge on any atom is -0.497 e. The average molecular weight is 467 g/mol. The molecular weight excluding hydrogens is 432 g/mol. The molecule has 0 aliphatic heterocycles. The zero-order valence-corrected chi connectivity index (χ0v) is 20.9. The van der Waals surface area contributed by atoms with Crippen LogP contribution < -0.4 is 28.4 Å². The van der Waals surface area contributed by atoms with Crippen molar-refractivity contribution >= 4 is 0 Å². The van der Waals surface area contributed by atoms with Crippen molar-refractivity contribution in [3.8, 4) is 34.5 Å². The van der Waals surface area contributed by atoms with Crippen LogP contribution in [0.4, 0.5) is 0 Å². The van der Waals surface area contributed by atoms with Crippen LogP contribution in [0.25, 0.3) is 0 Å². The largest absolute Gasteiger partial charge is 0.497 e. The minimum atomic E-state index is 0.771. The molecule has 3 rings (SSSR count). The SMILES string of the molecule is COc1ccc(OC)c(CCc2cc(OC)c(CCc3cc(OC)ccc3OC)cc2OC)c1. The van der Waals surface area contributed by atoms with E-state index in [4.69, 9.17) is 28.4 Å². The number of hydrogen-bond donors (Lipinski definition) is 0. The first-order valence-corrected chi connectivity index (χ1v) is 11.2. The third-order valence-corrected chi connectivity index (χ3v) is 5.99. The molecule has 182 valence electrons. The van der Waals surface area contributed by atoms with Gasteiger partial charge in [-0.3, -0.25) is 0 Å². The van der Waals surface area contributed by atoms with E-state index in [9.17, 15) is 0 Å². The topological polar surface area (TPSA) is 55.4 Å².